The molecule has 0 spiro atoms. The van der Waals surface area contributed by atoms with Gasteiger partial charge < -0.3 is 16.0 Å². The molecule has 3 aromatic rings. The van der Waals surface area contributed by atoms with Crippen molar-refractivity contribution in [1.29, 1.82) is 0 Å². The number of aromatic amines is 1. The molecule has 2 atom stereocenters. The molecule has 1 aromatic carbocycles. The third-order valence-corrected chi connectivity index (χ3v) is 5.21. The molecule has 0 radical (unpaired) electrons. The molecule has 0 amide bonds. The Kier molecular flexibility index (Phi) is 4.13. The number of benzene rings is 1. The van der Waals surface area contributed by atoms with E-state index in [-0.39, 0.29) is 5.54 Å². The van der Waals surface area contributed by atoms with E-state index in [2.05, 4.69) is 28.3 Å². The van der Waals surface area contributed by atoms with E-state index in [1.165, 1.54) is 0 Å². The zero-order valence-corrected chi connectivity index (χ0v) is 15.0. The van der Waals surface area contributed by atoms with E-state index >= 15 is 0 Å². The number of fused-ring (bicyclic) bond motifs is 1. The molecule has 2 aromatic heterocycles. The van der Waals surface area contributed by atoms with Crippen LogP contribution in [-0.2, 0) is 0 Å². The van der Waals surface area contributed by atoms with Crippen LogP contribution < -0.4 is 11.1 Å². The lowest BCUT2D eigenvalue weighted by atomic mass is 9.81. The highest BCUT2D eigenvalue weighted by atomic mass is 35.5. The molecule has 0 aliphatic heterocycles. The quantitative estimate of drug-likeness (QED) is 0.652. The molecule has 1 aliphatic carbocycles. The Balaban J connectivity index is 1.65. The fourth-order valence-electron chi connectivity index (χ4n) is 3.72. The normalized spacial score (nSPS) is 23.7. The zero-order valence-electron chi connectivity index (χ0n) is 14.2. The van der Waals surface area contributed by atoms with Crippen LogP contribution in [0, 0.1) is 0 Å². The van der Waals surface area contributed by atoms with Gasteiger partial charge in [-0.1, -0.05) is 29.8 Å². The molecule has 4 N–H and O–H groups in total. The van der Waals surface area contributed by atoms with E-state index in [0.717, 1.165) is 47.8 Å². The first-order valence-electron chi connectivity index (χ1n) is 8.66. The van der Waals surface area contributed by atoms with Crippen molar-refractivity contribution >= 4 is 28.5 Å². The fourth-order valence-corrected chi connectivity index (χ4v) is 3.91. The highest BCUT2D eigenvalue weighted by Gasteiger charge is 2.28. The first-order chi connectivity index (χ1) is 12.0. The maximum Gasteiger partial charge on any atom is 0.223 e. The van der Waals surface area contributed by atoms with Crippen LogP contribution >= 0.6 is 11.6 Å². The topological polar surface area (TPSA) is 79.6 Å². The van der Waals surface area contributed by atoms with Crippen LogP contribution in [0.15, 0.2) is 36.7 Å². The van der Waals surface area contributed by atoms with Crippen LogP contribution in [0.4, 0.5) is 5.95 Å². The molecule has 1 fully saturated rings. The number of nitrogens with zero attached hydrogens (tertiary/aromatic N) is 2. The Labute approximate surface area is 152 Å². The van der Waals surface area contributed by atoms with Gasteiger partial charge in [0.05, 0.1) is 16.9 Å². The molecular formula is C19H22ClN5. The fraction of sp³-hybridized carbons (Fsp3) is 0.368. The van der Waals surface area contributed by atoms with Crippen LogP contribution in [-0.4, -0.2) is 26.5 Å². The Hall–Kier alpha value is -2.11. The molecule has 0 unspecified atom stereocenters. The summed E-state index contributed by atoms with van der Waals surface area (Å²) < 4.78 is 0. The summed E-state index contributed by atoms with van der Waals surface area (Å²) in [6.45, 7) is 2.11. The molecule has 4 rings (SSSR count). The maximum atomic E-state index is 6.39. The van der Waals surface area contributed by atoms with E-state index in [1.54, 1.807) is 6.20 Å². The molecule has 1 saturated carbocycles. The third-order valence-electron chi connectivity index (χ3n) is 4.93. The van der Waals surface area contributed by atoms with E-state index < -0.39 is 0 Å². The van der Waals surface area contributed by atoms with Crippen molar-refractivity contribution in [3.05, 3.63) is 41.7 Å². The molecule has 0 bridgehead atoms. The van der Waals surface area contributed by atoms with Gasteiger partial charge in [0.25, 0.3) is 0 Å². The van der Waals surface area contributed by atoms with Gasteiger partial charge in [-0.3, -0.25) is 0 Å². The minimum absolute atomic E-state index is 0.123. The lowest BCUT2D eigenvalue weighted by Gasteiger charge is -2.35. The number of nitrogens with one attached hydrogen (secondary N) is 2. The predicted octanol–water partition coefficient (Wildman–Crippen LogP) is 4.35. The summed E-state index contributed by atoms with van der Waals surface area (Å²) in [6, 6.07) is 8.41. The van der Waals surface area contributed by atoms with Crippen LogP contribution in [0.3, 0.4) is 0 Å². The predicted molar refractivity (Wildman–Crippen MR) is 103 cm³/mol. The summed E-state index contributed by atoms with van der Waals surface area (Å²) in [4.78, 5) is 12.3. The molecule has 5 nitrogen and oxygen atoms in total. The Morgan fingerprint density at radius 1 is 1.36 bits per heavy atom. The molecular weight excluding hydrogens is 334 g/mol. The zero-order chi connectivity index (χ0) is 17.4. The van der Waals surface area contributed by atoms with E-state index in [4.69, 9.17) is 22.3 Å². The van der Waals surface area contributed by atoms with Crippen LogP contribution in [0.1, 0.15) is 32.6 Å². The number of para-hydroxylation sites is 1. The SMILES string of the molecule is C[C@]1(N)CCC[C@@H](Nc2ncc(Cl)c(-c3c[nH]c4ccccc34)n2)C1. The van der Waals surface area contributed by atoms with Gasteiger partial charge in [0, 0.05) is 34.2 Å². The second-order valence-corrected chi connectivity index (χ2v) is 7.64. The van der Waals surface area contributed by atoms with Crippen molar-refractivity contribution < 1.29 is 0 Å². The maximum absolute atomic E-state index is 6.39. The van der Waals surface area contributed by atoms with E-state index in [9.17, 15) is 0 Å². The van der Waals surface area contributed by atoms with Crippen molar-refractivity contribution in [2.45, 2.75) is 44.2 Å². The van der Waals surface area contributed by atoms with Gasteiger partial charge in [-0.15, -0.1) is 0 Å². The number of aromatic nitrogens is 3. The molecule has 0 saturated heterocycles. The van der Waals surface area contributed by atoms with Crippen molar-refractivity contribution in [3.8, 4) is 11.3 Å². The molecule has 130 valence electrons. The number of H-pyrrole nitrogens is 1. The third kappa shape index (κ3) is 3.34. The van der Waals surface area contributed by atoms with E-state index in [0.29, 0.717) is 17.0 Å². The summed E-state index contributed by atoms with van der Waals surface area (Å²) in [5.74, 6) is 0.604. The minimum atomic E-state index is -0.123. The largest absolute Gasteiger partial charge is 0.360 e. The lowest BCUT2D eigenvalue weighted by molar-refractivity contribution is 0.302. The average Bonchev–Trinajstić information content (AvgIpc) is 3.00. The van der Waals surface area contributed by atoms with Crippen molar-refractivity contribution in [2.75, 3.05) is 5.32 Å². The van der Waals surface area contributed by atoms with Gasteiger partial charge in [0.2, 0.25) is 5.95 Å². The minimum Gasteiger partial charge on any atom is -0.360 e. The number of rotatable bonds is 3. The summed E-state index contributed by atoms with van der Waals surface area (Å²) in [5, 5.41) is 5.09. The monoisotopic (exact) mass is 355 g/mol. The van der Waals surface area contributed by atoms with Crippen molar-refractivity contribution in [2.24, 2.45) is 5.73 Å². The van der Waals surface area contributed by atoms with Gasteiger partial charge >= 0.3 is 0 Å². The second-order valence-electron chi connectivity index (χ2n) is 7.23. The van der Waals surface area contributed by atoms with Gasteiger partial charge in [-0.25, -0.2) is 9.97 Å². The van der Waals surface area contributed by atoms with E-state index in [1.807, 2.05) is 24.4 Å². The molecule has 6 heteroatoms. The Morgan fingerprint density at radius 3 is 3.04 bits per heavy atom. The van der Waals surface area contributed by atoms with Crippen LogP contribution in [0.5, 0.6) is 0 Å². The first kappa shape index (κ1) is 16.4. The average molecular weight is 356 g/mol. The van der Waals surface area contributed by atoms with Gasteiger partial charge in [-0.05, 0) is 38.7 Å². The van der Waals surface area contributed by atoms with Crippen LogP contribution in [0.25, 0.3) is 22.2 Å². The summed E-state index contributed by atoms with van der Waals surface area (Å²) >= 11 is 6.39. The summed E-state index contributed by atoms with van der Waals surface area (Å²) in [7, 11) is 0. The first-order valence-corrected chi connectivity index (χ1v) is 9.04. The number of hydrogen-bond donors (Lipinski definition) is 3. The summed E-state index contributed by atoms with van der Waals surface area (Å²) in [5.41, 5.74) is 8.97. The highest BCUT2D eigenvalue weighted by Crippen LogP contribution is 2.33. The summed E-state index contributed by atoms with van der Waals surface area (Å²) in [6.07, 6.45) is 7.79. The van der Waals surface area contributed by atoms with Crippen LogP contribution in [0.2, 0.25) is 5.02 Å². The number of anilines is 1. The Bertz CT molecular complexity index is 902. The van der Waals surface area contributed by atoms with Gasteiger partial charge in [0.1, 0.15) is 0 Å². The van der Waals surface area contributed by atoms with Gasteiger partial charge in [0.15, 0.2) is 0 Å². The molecule has 2 heterocycles. The number of halogens is 1. The molecule has 25 heavy (non-hydrogen) atoms. The van der Waals surface area contributed by atoms with Crippen molar-refractivity contribution in [3.63, 3.8) is 0 Å². The smallest absolute Gasteiger partial charge is 0.223 e. The molecule has 1 aliphatic rings. The van der Waals surface area contributed by atoms with Gasteiger partial charge in [-0.2, -0.15) is 0 Å². The lowest BCUT2D eigenvalue weighted by Crippen LogP contribution is -2.45. The van der Waals surface area contributed by atoms with Crippen molar-refractivity contribution in [1.82, 2.24) is 15.0 Å². The second kappa shape index (κ2) is 6.32. The Morgan fingerprint density at radius 2 is 2.20 bits per heavy atom. The number of hydrogen-bond acceptors (Lipinski definition) is 4. The number of nitrogens with two attached hydrogens (primary N) is 1. The standard InChI is InChI=1S/C19H22ClN5/c1-19(21)8-4-5-12(9-19)24-18-23-11-15(20)17(25-18)14-10-22-16-7-3-2-6-13(14)16/h2-3,6-7,10-12,22H,4-5,8-9,21H2,1H3,(H,23,24,25)/t12-,19+/m1/s1. The highest BCUT2D eigenvalue weighted by molar-refractivity contribution is 6.33.